The molecule has 3 rings (SSSR count). The molecule has 5 heteroatoms. The van der Waals surface area contributed by atoms with Crippen LogP contribution < -0.4 is 10.1 Å². The lowest BCUT2D eigenvalue weighted by Gasteiger charge is -2.36. The molecule has 0 bridgehead atoms. The van der Waals surface area contributed by atoms with Gasteiger partial charge in [-0.3, -0.25) is 9.69 Å². The highest BCUT2D eigenvalue weighted by molar-refractivity contribution is 7.10. The number of ether oxygens (including phenoxy) is 1. The molecule has 1 aliphatic heterocycles. The lowest BCUT2D eigenvalue weighted by molar-refractivity contribution is -0.120. The SMILES string of the molecule is COc1ccccc1CC(=O)NCC(c1cccs1)N1CCC(C)CC1. The molecule has 1 aromatic heterocycles. The molecule has 0 aliphatic carbocycles. The van der Waals surface area contributed by atoms with Crippen LogP contribution >= 0.6 is 11.3 Å². The molecule has 4 nitrogen and oxygen atoms in total. The van der Waals surface area contributed by atoms with E-state index < -0.39 is 0 Å². The van der Waals surface area contributed by atoms with Crippen molar-refractivity contribution in [3.63, 3.8) is 0 Å². The average molecular weight is 373 g/mol. The molecule has 1 unspecified atom stereocenters. The number of nitrogens with zero attached hydrogens (tertiary/aromatic N) is 1. The van der Waals surface area contributed by atoms with E-state index in [1.54, 1.807) is 18.4 Å². The Hall–Kier alpha value is -1.85. The molecule has 1 fully saturated rings. The monoisotopic (exact) mass is 372 g/mol. The second-order valence-electron chi connectivity index (χ2n) is 7.04. The third-order valence-corrected chi connectivity index (χ3v) is 6.14. The first kappa shape index (κ1) is 18.9. The maximum absolute atomic E-state index is 12.5. The van der Waals surface area contributed by atoms with E-state index in [2.05, 4.69) is 34.7 Å². The number of amides is 1. The first-order valence-corrected chi connectivity index (χ1v) is 10.2. The maximum Gasteiger partial charge on any atom is 0.224 e. The Bertz CT molecular complexity index is 694. The molecule has 0 saturated carbocycles. The fourth-order valence-corrected chi connectivity index (χ4v) is 4.39. The fraction of sp³-hybridized carbons (Fsp3) is 0.476. The van der Waals surface area contributed by atoms with Crippen molar-refractivity contribution in [1.29, 1.82) is 0 Å². The summed E-state index contributed by atoms with van der Waals surface area (Å²) in [4.78, 5) is 16.4. The summed E-state index contributed by atoms with van der Waals surface area (Å²) in [7, 11) is 1.64. The predicted molar refractivity (Wildman–Crippen MR) is 107 cm³/mol. The molecule has 140 valence electrons. The lowest BCUT2D eigenvalue weighted by Crippen LogP contribution is -2.42. The van der Waals surface area contributed by atoms with Crippen molar-refractivity contribution in [2.24, 2.45) is 5.92 Å². The molecule has 2 heterocycles. The topological polar surface area (TPSA) is 41.6 Å². The third-order valence-electron chi connectivity index (χ3n) is 5.17. The van der Waals surface area contributed by atoms with E-state index in [0.717, 1.165) is 30.3 Å². The van der Waals surface area contributed by atoms with E-state index in [4.69, 9.17) is 4.74 Å². The van der Waals surface area contributed by atoms with Gasteiger partial charge in [0.2, 0.25) is 5.91 Å². The summed E-state index contributed by atoms with van der Waals surface area (Å²) in [5.41, 5.74) is 0.923. The Morgan fingerprint density at radius 1 is 1.27 bits per heavy atom. The van der Waals surface area contributed by atoms with E-state index in [1.807, 2.05) is 24.3 Å². The van der Waals surface area contributed by atoms with Gasteiger partial charge >= 0.3 is 0 Å². The van der Waals surface area contributed by atoms with Gasteiger partial charge in [-0.05, 0) is 49.4 Å². The second-order valence-corrected chi connectivity index (χ2v) is 8.02. The maximum atomic E-state index is 12.5. The van der Waals surface area contributed by atoms with E-state index in [1.165, 1.54) is 17.7 Å². The Kier molecular flexibility index (Phi) is 6.69. The second kappa shape index (κ2) is 9.19. The highest BCUT2D eigenvalue weighted by Crippen LogP contribution is 2.29. The summed E-state index contributed by atoms with van der Waals surface area (Å²) in [6.07, 6.45) is 2.81. The molecule has 0 spiro atoms. The normalized spacial score (nSPS) is 17.0. The number of carbonyl (C=O) groups excluding carboxylic acids is 1. The minimum Gasteiger partial charge on any atom is -0.496 e. The number of rotatable bonds is 7. The van der Waals surface area contributed by atoms with Gasteiger partial charge in [0.15, 0.2) is 0 Å². The number of benzene rings is 1. The first-order chi connectivity index (χ1) is 12.7. The molecule has 26 heavy (non-hydrogen) atoms. The van der Waals surface area contributed by atoms with Gasteiger partial charge in [-0.1, -0.05) is 31.2 Å². The number of likely N-dealkylation sites (tertiary alicyclic amines) is 1. The van der Waals surface area contributed by atoms with E-state index in [9.17, 15) is 4.79 Å². The zero-order valence-electron chi connectivity index (χ0n) is 15.6. The third kappa shape index (κ3) is 4.86. The number of piperidine rings is 1. The number of hydrogen-bond donors (Lipinski definition) is 1. The van der Waals surface area contributed by atoms with E-state index in [-0.39, 0.29) is 11.9 Å². The van der Waals surface area contributed by atoms with Crippen LogP contribution in [-0.4, -0.2) is 37.6 Å². The van der Waals surface area contributed by atoms with Gasteiger partial charge in [0, 0.05) is 17.0 Å². The van der Waals surface area contributed by atoms with Crippen LogP contribution in [0.2, 0.25) is 0 Å². The summed E-state index contributed by atoms with van der Waals surface area (Å²) in [5, 5.41) is 5.27. The lowest BCUT2D eigenvalue weighted by atomic mass is 9.97. The quantitative estimate of drug-likeness (QED) is 0.802. The van der Waals surface area contributed by atoms with Crippen LogP contribution in [0, 0.1) is 5.92 Å². The smallest absolute Gasteiger partial charge is 0.224 e. The van der Waals surface area contributed by atoms with Crippen molar-refractivity contribution < 1.29 is 9.53 Å². The summed E-state index contributed by atoms with van der Waals surface area (Å²) in [6, 6.07) is 12.2. The molecule has 1 aromatic carbocycles. The number of nitrogens with one attached hydrogen (secondary N) is 1. The van der Waals surface area contributed by atoms with Crippen molar-refractivity contribution in [3.05, 3.63) is 52.2 Å². The first-order valence-electron chi connectivity index (χ1n) is 9.33. The number of para-hydroxylation sites is 1. The van der Waals surface area contributed by atoms with Crippen LogP contribution in [0.1, 0.15) is 36.2 Å². The highest BCUT2D eigenvalue weighted by Gasteiger charge is 2.25. The van der Waals surface area contributed by atoms with E-state index >= 15 is 0 Å². The molecule has 1 amide bonds. The number of methoxy groups -OCH3 is 1. The zero-order valence-corrected chi connectivity index (χ0v) is 16.4. The Morgan fingerprint density at radius 2 is 2.04 bits per heavy atom. The minimum absolute atomic E-state index is 0.0430. The molecule has 1 saturated heterocycles. The average Bonchev–Trinajstić information content (AvgIpc) is 3.18. The van der Waals surface area contributed by atoms with Gasteiger partial charge in [0.05, 0.1) is 19.6 Å². The summed E-state index contributed by atoms with van der Waals surface area (Å²) < 4.78 is 5.35. The van der Waals surface area contributed by atoms with Crippen LogP contribution in [0.15, 0.2) is 41.8 Å². The van der Waals surface area contributed by atoms with Crippen molar-refractivity contribution >= 4 is 17.2 Å². The Labute approximate surface area is 160 Å². The van der Waals surface area contributed by atoms with Gasteiger partial charge in [-0.25, -0.2) is 0 Å². The Balaban J connectivity index is 1.61. The van der Waals surface area contributed by atoms with Crippen molar-refractivity contribution in [2.75, 3.05) is 26.7 Å². The van der Waals surface area contributed by atoms with Crippen LogP contribution in [-0.2, 0) is 11.2 Å². The minimum atomic E-state index is 0.0430. The van der Waals surface area contributed by atoms with E-state index in [0.29, 0.717) is 13.0 Å². The summed E-state index contributed by atoms with van der Waals surface area (Å²) in [5.74, 6) is 1.61. The van der Waals surface area contributed by atoms with Gasteiger partial charge in [-0.15, -0.1) is 11.3 Å². The molecule has 2 aromatic rings. The van der Waals surface area contributed by atoms with Gasteiger partial charge in [0.1, 0.15) is 5.75 Å². The van der Waals surface area contributed by atoms with Crippen LogP contribution in [0.25, 0.3) is 0 Å². The largest absolute Gasteiger partial charge is 0.496 e. The predicted octanol–water partition coefficient (Wildman–Crippen LogP) is 3.89. The van der Waals surface area contributed by atoms with Crippen molar-refractivity contribution in [1.82, 2.24) is 10.2 Å². The molecule has 0 radical (unpaired) electrons. The zero-order chi connectivity index (χ0) is 18.4. The standard InChI is InChI=1S/C21H28N2O2S/c1-16-9-11-23(12-10-16)18(20-8-5-13-26-20)15-22-21(24)14-17-6-3-4-7-19(17)25-2/h3-8,13,16,18H,9-12,14-15H2,1-2H3,(H,22,24). The number of hydrogen-bond acceptors (Lipinski definition) is 4. The van der Waals surface area contributed by atoms with Gasteiger partial charge in [0.25, 0.3) is 0 Å². The molecule has 1 N–H and O–H groups in total. The van der Waals surface area contributed by atoms with Crippen molar-refractivity contribution in [3.8, 4) is 5.75 Å². The number of carbonyl (C=O) groups is 1. The molecule has 1 aliphatic rings. The highest BCUT2D eigenvalue weighted by atomic mass is 32.1. The number of thiophene rings is 1. The molecule has 1 atom stereocenters. The Morgan fingerprint density at radius 3 is 2.73 bits per heavy atom. The van der Waals surface area contributed by atoms with Crippen LogP contribution in [0.4, 0.5) is 0 Å². The fourth-order valence-electron chi connectivity index (χ4n) is 3.53. The summed E-state index contributed by atoms with van der Waals surface area (Å²) >= 11 is 1.77. The summed E-state index contributed by atoms with van der Waals surface area (Å²) in [6.45, 7) is 5.19. The van der Waals surface area contributed by atoms with Crippen molar-refractivity contribution in [2.45, 2.75) is 32.2 Å². The van der Waals surface area contributed by atoms with Crippen LogP contribution in [0.3, 0.4) is 0 Å². The molecular weight excluding hydrogens is 344 g/mol. The van der Waals surface area contributed by atoms with Gasteiger partial charge < -0.3 is 10.1 Å². The van der Waals surface area contributed by atoms with Crippen LogP contribution in [0.5, 0.6) is 5.75 Å². The molecular formula is C21H28N2O2S. The van der Waals surface area contributed by atoms with Gasteiger partial charge in [-0.2, -0.15) is 0 Å².